The Morgan fingerprint density at radius 2 is 2.39 bits per heavy atom. The molecule has 1 N–H and O–H groups in total. The fraction of sp³-hybridized carbons (Fsp3) is 0.357. The summed E-state index contributed by atoms with van der Waals surface area (Å²) < 4.78 is 17.9. The summed E-state index contributed by atoms with van der Waals surface area (Å²) in [6.07, 6.45) is 2.03. The van der Waals surface area contributed by atoms with E-state index < -0.39 is 0 Å². The van der Waals surface area contributed by atoms with Gasteiger partial charge < -0.3 is 10.1 Å². The first-order valence-electron chi connectivity index (χ1n) is 6.06. The molecule has 4 heteroatoms. The second-order valence-electron chi connectivity index (χ2n) is 4.23. The van der Waals surface area contributed by atoms with Gasteiger partial charge in [-0.3, -0.25) is 4.79 Å². The summed E-state index contributed by atoms with van der Waals surface area (Å²) in [4.78, 5) is 11.7. The molecule has 0 unspecified atom stereocenters. The molecule has 1 amide bonds. The molecular weight excluding hydrogens is 233 g/mol. The predicted octanol–water partition coefficient (Wildman–Crippen LogP) is 2.61. The largest absolute Gasteiger partial charge is 0.489 e. The van der Waals surface area contributed by atoms with Gasteiger partial charge in [0, 0.05) is 12.1 Å². The number of benzene rings is 1. The van der Waals surface area contributed by atoms with Crippen LogP contribution in [0, 0.1) is 0 Å². The Morgan fingerprint density at radius 3 is 3.11 bits per heavy atom. The number of carbonyl (C=O) groups excluding carboxylic acids is 1. The molecule has 1 aliphatic heterocycles. The van der Waals surface area contributed by atoms with Gasteiger partial charge in [0.05, 0.1) is 6.33 Å². The highest BCUT2D eigenvalue weighted by molar-refractivity contribution is 5.97. The van der Waals surface area contributed by atoms with Crippen LogP contribution in [0.2, 0.25) is 0 Å². The van der Waals surface area contributed by atoms with Crippen LogP contribution in [0.5, 0.6) is 5.75 Å². The zero-order chi connectivity index (χ0) is 13.0. The van der Waals surface area contributed by atoms with Crippen molar-refractivity contribution >= 4 is 5.91 Å². The molecule has 0 atom stereocenters. The Morgan fingerprint density at radius 1 is 1.56 bits per heavy atom. The minimum Gasteiger partial charge on any atom is -0.489 e. The summed E-state index contributed by atoms with van der Waals surface area (Å²) in [6.45, 7) is 2.76. The number of fused-ring (bicyclic) bond motifs is 1. The van der Waals surface area contributed by atoms with Crippen LogP contribution in [-0.4, -0.2) is 19.1 Å². The summed E-state index contributed by atoms with van der Waals surface area (Å²) in [5.74, 6) is 0.525. The lowest BCUT2D eigenvalue weighted by Gasteiger charge is -2.17. The number of nitrogens with one attached hydrogen (secondary N) is 1. The predicted molar refractivity (Wildman–Crippen MR) is 67.5 cm³/mol. The molecule has 3 nitrogen and oxygen atoms in total. The first-order chi connectivity index (χ1) is 8.74. The topological polar surface area (TPSA) is 38.3 Å². The Kier molecular flexibility index (Phi) is 3.97. The van der Waals surface area contributed by atoms with Gasteiger partial charge >= 0.3 is 0 Å². The molecular formula is C14H16FNO2. The first-order valence-corrected chi connectivity index (χ1v) is 6.06. The lowest BCUT2D eigenvalue weighted by molar-refractivity contribution is 0.0945. The fourth-order valence-electron chi connectivity index (χ4n) is 1.87. The Hall–Kier alpha value is -1.84. The minimum atomic E-state index is -0.0709. The summed E-state index contributed by atoms with van der Waals surface area (Å²) in [6, 6.07) is 5.44. The molecule has 0 aliphatic carbocycles. The van der Waals surface area contributed by atoms with Gasteiger partial charge in [-0.05, 0) is 36.1 Å². The summed E-state index contributed by atoms with van der Waals surface area (Å²) >= 11 is 0. The van der Waals surface area contributed by atoms with Gasteiger partial charge in [0.25, 0.3) is 5.91 Å². The van der Waals surface area contributed by atoms with Crippen molar-refractivity contribution in [3.63, 3.8) is 0 Å². The zero-order valence-electron chi connectivity index (χ0n) is 10.3. The van der Waals surface area contributed by atoms with Crippen molar-refractivity contribution in [2.45, 2.75) is 19.8 Å². The molecule has 0 spiro atoms. The average Bonchev–Trinajstić information content (AvgIpc) is 2.41. The molecule has 2 rings (SSSR count). The highest BCUT2D eigenvalue weighted by atomic mass is 19.1. The molecule has 1 heterocycles. The van der Waals surface area contributed by atoms with Crippen LogP contribution in [0.1, 0.15) is 29.3 Å². The van der Waals surface area contributed by atoms with Gasteiger partial charge in [-0.1, -0.05) is 13.0 Å². The zero-order valence-corrected chi connectivity index (χ0v) is 10.3. The molecule has 0 saturated heterocycles. The van der Waals surface area contributed by atoms with Crippen LogP contribution >= 0.6 is 0 Å². The van der Waals surface area contributed by atoms with E-state index in [0.29, 0.717) is 36.2 Å². The van der Waals surface area contributed by atoms with Crippen molar-refractivity contribution in [2.24, 2.45) is 0 Å². The SMILES string of the molecule is CCC(=CF)COc1ccc2c(c1)C(=O)NCC2. The molecule has 0 fully saturated rings. The number of hydrogen-bond donors (Lipinski definition) is 1. The van der Waals surface area contributed by atoms with Gasteiger partial charge in [-0.25, -0.2) is 4.39 Å². The number of amides is 1. The monoisotopic (exact) mass is 249 g/mol. The number of hydrogen-bond acceptors (Lipinski definition) is 2. The smallest absolute Gasteiger partial charge is 0.251 e. The van der Waals surface area contributed by atoms with Crippen molar-refractivity contribution in [1.82, 2.24) is 5.32 Å². The Balaban J connectivity index is 2.11. The maximum atomic E-state index is 12.4. The molecule has 96 valence electrons. The number of rotatable bonds is 4. The number of halogens is 1. The van der Waals surface area contributed by atoms with E-state index in [1.807, 2.05) is 19.1 Å². The molecule has 0 bridgehead atoms. The second-order valence-corrected chi connectivity index (χ2v) is 4.23. The number of carbonyl (C=O) groups is 1. The minimum absolute atomic E-state index is 0.0709. The van der Waals surface area contributed by atoms with Crippen molar-refractivity contribution in [1.29, 1.82) is 0 Å². The van der Waals surface area contributed by atoms with E-state index in [4.69, 9.17) is 4.74 Å². The van der Waals surface area contributed by atoms with E-state index in [0.717, 1.165) is 12.0 Å². The quantitative estimate of drug-likeness (QED) is 0.890. The lowest BCUT2D eigenvalue weighted by atomic mass is 10.0. The van der Waals surface area contributed by atoms with Crippen molar-refractivity contribution in [3.05, 3.63) is 41.2 Å². The lowest BCUT2D eigenvalue weighted by Crippen LogP contribution is -2.31. The van der Waals surface area contributed by atoms with Crippen molar-refractivity contribution < 1.29 is 13.9 Å². The number of ether oxygens (including phenoxy) is 1. The van der Waals surface area contributed by atoms with Gasteiger partial charge in [-0.2, -0.15) is 0 Å². The molecule has 1 aromatic carbocycles. The van der Waals surface area contributed by atoms with Gasteiger partial charge in [0.1, 0.15) is 12.4 Å². The van der Waals surface area contributed by atoms with Crippen LogP contribution in [0.3, 0.4) is 0 Å². The summed E-state index contributed by atoms with van der Waals surface area (Å²) in [5.41, 5.74) is 2.28. The molecule has 1 aromatic rings. The third-order valence-corrected chi connectivity index (χ3v) is 3.04. The Labute approximate surface area is 106 Å². The summed E-state index contributed by atoms with van der Waals surface area (Å²) in [5, 5.41) is 2.79. The second kappa shape index (κ2) is 5.67. The van der Waals surface area contributed by atoms with E-state index in [1.54, 1.807) is 6.07 Å². The van der Waals surface area contributed by atoms with E-state index >= 15 is 0 Å². The molecule has 0 radical (unpaired) electrons. The molecule has 0 aromatic heterocycles. The van der Waals surface area contributed by atoms with Crippen LogP contribution in [0.15, 0.2) is 30.1 Å². The van der Waals surface area contributed by atoms with Crippen molar-refractivity contribution in [3.8, 4) is 5.75 Å². The standard InChI is InChI=1S/C14H16FNO2/c1-2-10(8-15)9-18-12-4-3-11-5-6-16-14(17)13(11)7-12/h3-4,7-8H,2,5-6,9H2,1H3,(H,16,17). The maximum absolute atomic E-state index is 12.4. The normalized spacial score (nSPS) is 15.0. The van der Waals surface area contributed by atoms with E-state index in [9.17, 15) is 9.18 Å². The van der Waals surface area contributed by atoms with Crippen molar-refractivity contribution in [2.75, 3.05) is 13.2 Å². The molecule has 0 saturated carbocycles. The third kappa shape index (κ3) is 2.70. The summed E-state index contributed by atoms with van der Waals surface area (Å²) in [7, 11) is 0. The fourth-order valence-corrected chi connectivity index (χ4v) is 1.87. The van der Waals surface area contributed by atoms with E-state index in [1.165, 1.54) is 0 Å². The van der Waals surface area contributed by atoms with E-state index in [-0.39, 0.29) is 12.5 Å². The first kappa shape index (κ1) is 12.6. The molecule has 1 aliphatic rings. The maximum Gasteiger partial charge on any atom is 0.251 e. The average molecular weight is 249 g/mol. The van der Waals surface area contributed by atoms with Gasteiger partial charge in [0.2, 0.25) is 0 Å². The highest BCUT2D eigenvalue weighted by Crippen LogP contribution is 2.21. The van der Waals surface area contributed by atoms with Crippen LogP contribution < -0.4 is 10.1 Å². The third-order valence-electron chi connectivity index (χ3n) is 3.04. The van der Waals surface area contributed by atoms with Crippen LogP contribution in [0.4, 0.5) is 4.39 Å². The Bertz CT molecular complexity index is 483. The highest BCUT2D eigenvalue weighted by Gasteiger charge is 2.16. The van der Waals surface area contributed by atoms with E-state index in [2.05, 4.69) is 5.32 Å². The van der Waals surface area contributed by atoms with Gasteiger partial charge in [0.15, 0.2) is 0 Å². The molecule has 18 heavy (non-hydrogen) atoms. The van der Waals surface area contributed by atoms with Crippen LogP contribution in [-0.2, 0) is 6.42 Å². The van der Waals surface area contributed by atoms with Gasteiger partial charge in [-0.15, -0.1) is 0 Å². The van der Waals surface area contributed by atoms with Crippen LogP contribution in [0.25, 0.3) is 0 Å².